The van der Waals surface area contributed by atoms with Crippen molar-refractivity contribution in [2.75, 3.05) is 5.32 Å². The summed E-state index contributed by atoms with van der Waals surface area (Å²) in [5.41, 5.74) is 2.90. The fraction of sp³-hybridized carbons (Fsp3) is 0.462. The molecule has 1 aliphatic rings. The molecule has 0 heterocycles. The van der Waals surface area contributed by atoms with Crippen LogP contribution >= 0.6 is 0 Å². The van der Waals surface area contributed by atoms with Gasteiger partial charge in [-0.25, -0.2) is 0 Å². The van der Waals surface area contributed by atoms with Crippen molar-refractivity contribution in [2.24, 2.45) is 0 Å². The molecule has 0 aromatic heterocycles. The Kier molecular flexibility index (Phi) is 2.91. The standard InChI is InChI=1S/C13H16N2/c1-10-6-7-13(11(8-10)9-14)15-12-4-2-3-5-12/h6-8,12,15H,2-5H2,1H3. The highest BCUT2D eigenvalue weighted by molar-refractivity contribution is 5.59. The van der Waals surface area contributed by atoms with Crippen molar-refractivity contribution in [3.63, 3.8) is 0 Å². The highest BCUT2D eigenvalue weighted by Crippen LogP contribution is 2.24. The Morgan fingerprint density at radius 3 is 2.73 bits per heavy atom. The molecule has 0 radical (unpaired) electrons. The molecule has 1 aromatic carbocycles. The van der Waals surface area contributed by atoms with Crippen molar-refractivity contribution in [2.45, 2.75) is 38.6 Å². The largest absolute Gasteiger partial charge is 0.381 e. The Morgan fingerprint density at radius 2 is 2.07 bits per heavy atom. The Morgan fingerprint density at radius 1 is 1.33 bits per heavy atom. The first-order chi connectivity index (χ1) is 7.29. The van der Waals surface area contributed by atoms with Crippen LogP contribution in [-0.2, 0) is 0 Å². The van der Waals surface area contributed by atoms with Gasteiger partial charge in [0.05, 0.1) is 11.3 Å². The van der Waals surface area contributed by atoms with E-state index in [4.69, 9.17) is 5.26 Å². The number of rotatable bonds is 2. The number of aryl methyl sites for hydroxylation is 1. The van der Waals surface area contributed by atoms with Crippen LogP contribution in [0.3, 0.4) is 0 Å². The zero-order valence-corrected chi connectivity index (χ0v) is 9.09. The van der Waals surface area contributed by atoms with E-state index in [1.54, 1.807) is 0 Å². The second-order valence-corrected chi connectivity index (χ2v) is 4.29. The molecule has 0 atom stereocenters. The molecule has 0 amide bonds. The summed E-state index contributed by atoms with van der Waals surface area (Å²) >= 11 is 0. The van der Waals surface area contributed by atoms with E-state index in [1.165, 1.54) is 25.7 Å². The lowest BCUT2D eigenvalue weighted by Gasteiger charge is -2.14. The number of nitrogens with one attached hydrogen (secondary N) is 1. The zero-order valence-electron chi connectivity index (χ0n) is 9.09. The molecule has 2 heteroatoms. The summed E-state index contributed by atoms with van der Waals surface area (Å²) in [5, 5.41) is 12.5. The summed E-state index contributed by atoms with van der Waals surface area (Å²) in [7, 11) is 0. The molecule has 1 fully saturated rings. The van der Waals surface area contributed by atoms with Crippen LogP contribution in [0.15, 0.2) is 18.2 Å². The monoisotopic (exact) mass is 200 g/mol. The van der Waals surface area contributed by atoms with E-state index >= 15 is 0 Å². The Hall–Kier alpha value is -1.49. The van der Waals surface area contributed by atoms with Crippen molar-refractivity contribution >= 4 is 5.69 Å². The minimum Gasteiger partial charge on any atom is -0.381 e. The molecule has 0 saturated heterocycles. The second-order valence-electron chi connectivity index (χ2n) is 4.29. The second kappa shape index (κ2) is 4.35. The average molecular weight is 200 g/mol. The summed E-state index contributed by atoms with van der Waals surface area (Å²) in [6.07, 6.45) is 5.09. The van der Waals surface area contributed by atoms with Crippen molar-refractivity contribution in [1.82, 2.24) is 0 Å². The fourth-order valence-electron chi connectivity index (χ4n) is 2.17. The normalized spacial score (nSPS) is 16.3. The molecule has 2 rings (SSSR count). The number of hydrogen-bond donors (Lipinski definition) is 1. The fourth-order valence-corrected chi connectivity index (χ4v) is 2.17. The minimum atomic E-state index is 0.569. The van der Waals surface area contributed by atoms with E-state index in [2.05, 4.69) is 17.5 Å². The van der Waals surface area contributed by atoms with Crippen molar-refractivity contribution in [3.05, 3.63) is 29.3 Å². The number of nitrogens with zero attached hydrogens (tertiary/aromatic N) is 1. The number of nitriles is 1. The summed E-state index contributed by atoms with van der Waals surface area (Å²) in [5.74, 6) is 0. The minimum absolute atomic E-state index is 0.569. The van der Waals surface area contributed by atoms with E-state index in [0.29, 0.717) is 6.04 Å². The molecular weight excluding hydrogens is 184 g/mol. The predicted molar refractivity (Wildman–Crippen MR) is 61.8 cm³/mol. The Balaban J connectivity index is 2.16. The van der Waals surface area contributed by atoms with E-state index in [0.717, 1.165) is 16.8 Å². The molecule has 0 bridgehead atoms. The van der Waals surface area contributed by atoms with Crippen molar-refractivity contribution in [3.8, 4) is 6.07 Å². The van der Waals surface area contributed by atoms with E-state index in [9.17, 15) is 0 Å². The molecule has 15 heavy (non-hydrogen) atoms. The third-order valence-electron chi connectivity index (χ3n) is 3.01. The van der Waals surface area contributed by atoms with Crippen LogP contribution in [0.1, 0.15) is 36.8 Å². The van der Waals surface area contributed by atoms with Gasteiger partial charge in [0.15, 0.2) is 0 Å². The van der Waals surface area contributed by atoms with Gasteiger partial charge in [-0.3, -0.25) is 0 Å². The van der Waals surface area contributed by atoms with Gasteiger partial charge in [-0.1, -0.05) is 18.9 Å². The van der Waals surface area contributed by atoms with Gasteiger partial charge in [0.25, 0.3) is 0 Å². The number of anilines is 1. The van der Waals surface area contributed by atoms with Crippen LogP contribution in [0, 0.1) is 18.3 Å². The summed E-state index contributed by atoms with van der Waals surface area (Å²) < 4.78 is 0. The molecule has 1 aliphatic carbocycles. The third kappa shape index (κ3) is 2.30. The number of benzene rings is 1. The SMILES string of the molecule is Cc1ccc(NC2CCCC2)c(C#N)c1. The van der Waals surface area contributed by atoms with Crippen molar-refractivity contribution in [1.29, 1.82) is 5.26 Å². The first-order valence-corrected chi connectivity index (χ1v) is 5.57. The molecule has 0 aliphatic heterocycles. The lowest BCUT2D eigenvalue weighted by atomic mass is 10.1. The topological polar surface area (TPSA) is 35.8 Å². The van der Waals surface area contributed by atoms with Gasteiger partial charge in [0.2, 0.25) is 0 Å². The zero-order chi connectivity index (χ0) is 10.7. The molecular formula is C13H16N2. The van der Waals surface area contributed by atoms with Gasteiger partial charge in [-0.2, -0.15) is 5.26 Å². The van der Waals surface area contributed by atoms with Crippen LogP contribution in [0.4, 0.5) is 5.69 Å². The molecule has 2 nitrogen and oxygen atoms in total. The third-order valence-corrected chi connectivity index (χ3v) is 3.01. The maximum absolute atomic E-state index is 9.03. The summed E-state index contributed by atoms with van der Waals surface area (Å²) in [4.78, 5) is 0. The highest BCUT2D eigenvalue weighted by Gasteiger charge is 2.15. The van der Waals surface area contributed by atoms with Gasteiger partial charge in [0, 0.05) is 6.04 Å². The molecule has 1 saturated carbocycles. The molecule has 78 valence electrons. The van der Waals surface area contributed by atoms with E-state index < -0.39 is 0 Å². The van der Waals surface area contributed by atoms with Crippen LogP contribution in [0.25, 0.3) is 0 Å². The van der Waals surface area contributed by atoms with Crippen LogP contribution < -0.4 is 5.32 Å². The molecule has 1 aromatic rings. The smallest absolute Gasteiger partial charge is 0.101 e. The van der Waals surface area contributed by atoms with Crippen molar-refractivity contribution < 1.29 is 0 Å². The lowest BCUT2D eigenvalue weighted by Crippen LogP contribution is -2.15. The van der Waals surface area contributed by atoms with Gasteiger partial charge in [-0.05, 0) is 37.5 Å². The van der Waals surface area contributed by atoms with Crippen LogP contribution in [0.2, 0.25) is 0 Å². The van der Waals surface area contributed by atoms with Gasteiger partial charge in [0.1, 0.15) is 6.07 Å². The molecule has 0 spiro atoms. The molecule has 0 unspecified atom stereocenters. The number of hydrogen-bond acceptors (Lipinski definition) is 2. The quantitative estimate of drug-likeness (QED) is 0.795. The maximum Gasteiger partial charge on any atom is 0.101 e. The first-order valence-electron chi connectivity index (χ1n) is 5.57. The van der Waals surface area contributed by atoms with Crippen LogP contribution in [-0.4, -0.2) is 6.04 Å². The summed E-state index contributed by atoms with van der Waals surface area (Å²) in [6.45, 7) is 2.01. The first kappa shape index (κ1) is 10.0. The lowest BCUT2D eigenvalue weighted by molar-refractivity contribution is 0.755. The maximum atomic E-state index is 9.03. The highest BCUT2D eigenvalue weighted by atomic mass is 14.9. The Bertz CT molecular complexity index is 384. The predicted octanol–water partition coefficient (Wildman–Crippen LogP) is 3.22. The van der Waals surface area contributed by atoms with E-state index in [-0.39, 0.29) is 0 Å². The van der Waals surface area contributed by atoms with Gasteiger partial charge >= 0.3 is 0 Å². The average Bonchev–Trinajstić information content (AvgIpc) is 2.73. The molecule has 1 N–H and O–H groups in total. The van der Waals surface area contributed by atoms with E-state index in [1.807, 2.05) is 19.1 Å². The van der Waals surface area contributed by atoms with Gasteiger partial charge < -0.3 is 5.32 Å². The summed E-state index contributed by atoms with van der Waals surface area (Å²) in [6, 6.07) is 8.83. The van der Waals surface area contributed by atoms with Gasteiger partial charge in [-0.15, -0.1) is 0 Å². The van der Waals surface area contributed by atoms with Crippen LogP contribution in [0.5, 0.6) is 0 Å². The Labute approximate surface area is 90.9 Å².